The maximum Gasteiger partial charge on any atom is 0.161 e. The highest BCUT2D eigenvalue weighted by molar-refractivity contribution is 6.30. The molecule has 132 valence electrons. The molecule has 0 aliphatic heterocycles. The fourth-order valence-electron chi connectivity index (χ4n) is 2.23. The van der Waals surface area contributed by atoms with Crippen LogP contribution in [-0.4, -0.2) is 13.7 Å². The van der Waals surface area contributed by atoms with Crippen LogP contribution in [0, 0.1) is 5.92 Å². The van der Waals surface area contributed by atoms with Gasteiger partial charge in [-0.15, -0.1) is 12.4 Å². The van der Waals surface area contributed by atoms with Gasteiger partial charge < -0.3 is 14.8 Å². The van der Waals surface area contributed by atoms with Gasteiger partial charge in [0.05, 0.1) is 7.11 Å². The SMILES string of the molecule is COc1cc(CNCC(C)C)ccc1OCc1cccc(Cl)c1.Cl. The third kappa shape index (κ3) is 6.60. The molecular formula is C19H25Cl2NO2. The summed E-state index contributed by atoms with van der Waals surface area (Å²) in [6.45, 7) is 6.67. The fourth-order valence-corrected chi connectivity index (χ4v) is 2.45. The third-order valence-corrected chi connectivity index (χ3v) is 3.63. The average Bonchev–Trinajstić information content (AvgIpc) is 2.53. The molecule has 0 heterocycles. The second-order valence-electron chi connectivity index (χ2n) is 5.93. The number of hydrogen-bond donors (Lipinski definition) is 1. The Morgan fingerprint density at radius 3 is 2.50 bits per heavy atom. The molecule has 0 spiro atoms. The molecule has 2 aromatic carbocycles. The summed E-state index contributed by atoms with van der Waals surface area (Å²) in [6, 6.07) is 13.7. The van der Waals surface area contributed by atoms with E-state index in [0.29, 0.717) is 17.5 Å². The van der Waals surface area contributed by atoms with E-state index in [1.807, 2.05) is 36.4 Å². The Morgan fingerprint density at radius 2 is 1.83 bits per heavy atom. The lowest BCUT2D eigenvalue weighted by Crippen LogP contribution is -2.18. The molecule has 0 aliphatic rings. The number of halogens is 2. The van der Waals surface area contributed by atoms with Crippen molar-refractivity contribution in [3.05, 3.63) is 58.6 Å². The summed E-state index contributed by atoms with van der Waals surface area (Å²) in [5.41, 5.74) is 2.21. The van der Waals surface area contributed by atoms with E-state index < -0.39 is 0 Å². The third-order valence-electron chi connectivity index (χ3n) is 3.39. The minimum absolute atomic E-state index is 0. The summed E-state index contributed by atoms with van der Waals surface area (Å²) in [5.74, 6) is 2.12. The first-order valence-electron chi connectivity index (χ1n) is 7.83. The Labute approximate surface area is 155 Å². The topological polar surface area (TPSA) is 30.5 Å². The first-order valence-corrected chi connectivity index (χ1v) is 8.21. The highest BCUT2D eigenvalue weighted by Crippen LogP contribution is 2.29. The van der Waals surface area contributed by atoms with Crippen LogP contribution in [0.2, 0.25) is 5.02 Å². The van der Waals surface area contributed by atoms with E-state index in [9.17, 15) is 0 Å². The summed E-state index contributed by atoms with van der Waals surface area (Å²) in [5, 5.41) is 4.14. The predicted octanol–water partition coefficient (Wildman–Crippen LogP) is 5.10. The van der Waals surface area contributed by atoms with Gasteiger partial charge in [0.25, 0.3) is 0 Å². The van der Waals surface area contributed by atoms with Crippen molar-refractivity contribution in [2.24, 2.45) is 5.92 Å². The molecule has 0 aliphatic carbocycles. The van der Waals surface area contributed by atoms with Crippen molar-refractivity contribution in [2.75, 3.05) is 13.7 Å². The van der Waals surface area contributed by atoms with Gasteiger partial charge in [-0.05, 0) is 47.9 Å². The minimum Gasteiger partial charge on any atom is -0.493 e. The summed E-state index contributed by atoms with van der Waals surface area (Å²) < 4.78 is 11.3. The zero-order valence-corrected chi connectivity index (χ0v) is 15.9. The Kier molecular flexibility index (Phi) is 8.98. The zero-order chi connectivity index (χ0) is 16.7. The van der Waals surface area contributed by atoms with E-state index in [2.05, 4.69) is 25.2 Å². The van der Waals surface area contributed by atoms with Crippen LogP contribution in [0.4, 0.5) is 0 Å². The lowest BCUT2D eigenvalue weighted by atomic mass is 10.1. The second kappa shape index (κ2) is 10.4. The molecule has 3 nitrogen and oxygen atoms in total. The van der Waals surface area contributed by atoms with Crippen LogP contribution in [0.1, 0.15) is 25.0 Å². The van der Waals surface area contributed by atoms with Crippen LogP contribution in [-0.2, 0) is 13.2 Å². The molecule has 2 aromatic rings. The van der Waals surface area contributed by atoms with Gasteiger partial charge in [0, 0.05) is 11.6 Å². The lowest BCUT2D eigenvalue weighted by molar-refractivity contribution is 0.284. The number of rotatable bonds is 8. The smallest absolute Gasteiger partial charge is 0.161 e. The molecule has 1 N–H and O–H groups in total. The standard InChI is InChI=1S/C19H24ClNO2.ClH/c1-14(2)11-21-12-15-7-8-18(19(10-15)22-3)23-13-16-5-4-6-17(20)9-16;/h4-10,14,21H,11-13H2,1-3H3;1H. The minimum atomic E-state index is 0. The normalized spacial score (nSPS) is 10.4. The average molecular weight is 370 g/mol. The molecule has 0 saturated carbocycles. The van der Waals surface area contributed by atoms with Crippen molar-refractivity contribution in [1.29, 1.82) is 0 Å². The summed E-state index contributed by atoms with van der Waals surface area (Å²) in [7, 11) is 1.66. The Morgan fingerprint density at radius 1 is 1.04 bits per heavy atom. The van der Waals surface area contributed by atoms with Gasteiger partial charge in [-0.1, -0.05) is 43.6 Å². The number of benzene rings is 2. The molecule has 0 saturated heterocycles. The van der Waals surface area contributed by atoms with Gasteiger partial charge >= 0.3 is 0 Å². The highest BCUT2D eigenvalue weighted by Gasteiger charge is 2.07. The first kappa shape index (κ1) is 20.6. The molecule has 2 rings (SSSR count). The van der Waals surface area contributed by atoms with Crippen LogP contribution in [0.3, 0.4) is 0 Å². The Balaban J connectivity index is 0.00000288. The van der Waals surface area contributed by atoms with Crippen molar-refractivity contribution >= 4 is 24.0 Å². The van der Waals surface area contributed by atoms with Gasteiger partial charge in [0.2, 0.25) is 0 Å². The second-order valence-corrected chi connectivity index (χ2v) is 6.36. The Bertz CT molecular complexity index is 633. The number of methoxy groups -OCH3 is 1. The van der Waals surface area contributed by atoms with E-state index in [0.717, 1.165) is 30.2 Å². The molecule has 0 bridgehead atoms. The van der Waals surface area contributed by atoms with E-state index >= 15 is 0 Å². The number of nitrogens with one attached hydrogen (secondary N) is 1. The monoisotopic (exact) mass is 369 g/mol. The van der Waals surface area contributed by atoms with Crippen molar-refractivity contribution < 1.29 is 9.47 Å². The van der Waals surface area contributed by atoms with Gasteiger partial charge in [0.1, 0.15) is 6.61 Å². The maximum atomic E-state index is 5.99. The van der Waals surface area contributed by atoms with Crippen molar-refractivity contribution in [3.63, 3.8) is 0 Å². The van der Waals surface area contributed by atoms with Gasteiger partial charge in [-0.25, -0.2) is 0 Å². The molecule has 5 heteroatoms. The van der Waals surface area contributed by atoms with Gasteiger partial charge in [-0.3, -0.25) is 0 Å². The molecule has 0 atom stereocenters. The van der Waals surface area contributed by atoms with Crippen LogP contribution in [0.5, 0.6) is 11.5 Å². The van der Waals surface area contributed by atoms with E-state index in [1.165, 1.54) is 5.56 Å². The fraction of sp³-hybridized carbons (Fsp3) is 0.368. The van der Waals surface area contributed by atoms with Crippen LogP contribution >= 0.6 is 24.0 Å². The first-order chi connectivity index (χ1) is 11.1. The summed E-state index contributed by atoms with van der Waals surface area (Å²) in [6.07, 6.45) is 0. The van der Waals surface area contributed by atoms with Crippen LogP contribution < -0.4 is 14.8 Å². The molecule has 0 amide bonds. The molecule has 0 fully saturated rings. The lowest BCUT2D eigenvalue weighted by Gasteiger charge is -2.13. The van der Waals surface area contributed by atoms with E-state index in [-0.39, 0.29) is 12.4 Å². The number of hydrogen-bond acceptors (Lipinski definition) is 3. The van der Waals surface area contributed by atoms with E-state index in [4.69, 9.17) is 21.1 Å². The molecule has 0 unspecified atom stereocenters. The quantitative estimate of drug-likeness (QED) is 0.702. The summed E-state index contributed by atoms with van der Waals surface area (Å²) in [4.78, 5) is 0. The highest BCUT2D eigenvalue weighted by atomic mass is 35.5. The largest absolute Gasteiger partial charge is 0.493 e. The maximum absolute atomic E-state index is 5.99. The van der Waals surface area contributed by atoms with Crippen LogP contribution in [0.25, 0.3) is 0 Å². The van der Waals surface area contributed by atoms with E-state index in [1.54, 1.807) is 7.11 Å². The van der Waals surface area contributed by atoms with Crippen molar-refractivity contribution in [2.45, 2.75) is 27.0 Å². The van der Waals surface area contributed by atoms with Gasteiger partial charge in [0.15, 0.2) is 11.5 Å². The number of ether oxygens (including phenoxy) is 2. The Hall–Kier alpha value is -1.42. The molecule has 0 radical (unpaired) electrons. The summed E-state index contributed by atoms with van der Waals surface area (Å²) >= 11 is 5.99. The predicted molar refractivity (Wildman–Crippen MR) is 103 cm³/mol. The molecule has 0 aromatic heterocycles. The van der Waals surface area contributed by atoms with Crippen molar-refractivity contribution in [1.82, 2.24) is 5.32 Å². The van der Waals surface area contributed by atoms with Gasteiger partial charge in [-0.2, -0.15) is 0 Å². The molecular weight excluding hydrogens is 345 g/mol. The molecule has 24 heavy (non-hydrogen) atoms. The van der Waals surface area contributed by atoms with Crippen LogP contribution in [0.15, 0.2) is 42.5 Å². The zero-order valence-electron chi connectivity index (χ0n) is 14.3. The van der Waals surface area contributed by atoms with Crippen molar-refractivity contribution in [3.8, 4) is 11.5 Å².